The summed E-state index contributed by atoms with van der Waals surface area (Å²) in [4.78, 5) is 20.9. The SMILES string of the molecule is O=Cc1c(Cl)ncnc1N1CCCOCC1. The van der Waals surface area contributed by atoms with Crippen molar-refractivity contribution in [3.63, 3.8) is 0 Å². The zero-order valence-corrected chi connectivity index (χ0v) is 9.48. The molecule has 1 aliphatic rings. The maximum absolute atomic E-state index is 11.0. The van der Waals surface area contributed by atoms with Crippen LogP contribution in [0.4, 0.5) is 5.82 Å². The summed E-state index contributed by atoms with van der Waals surface area (Å²) < 4.78 is 5.34. The molecule has 0 bridgehead atoms. The Labute approximate surface area is 98.4 Å². The van der Waals surface area contributed by atoms with Crippen molar-refractivity contribution in [2.75, 3.05) is 31.2 Å². The maximum atomic E-state index is 11.0. The second kappa shape index (κ2) is 5.23. The molecule has 0 spiro atoms. The fourth-order valence-electron chi connectivity index (χ4n) is 1.68. The quantitative estimate of drug-likeness (QED) is 0.575. The van der Waals surface area contributed by atoms with Crippen molar-refractivity contribution in [2.24, 2.45) is 0 Å². The number of ether oxygens (including phenoxy) is 1. The lowest BCUT2D eigenvalue weighted by Crippen LogP contribution is -2.28. The van der Waals surface area contributed by atoms with Crippen LogP contribution >= 0.6 is 11.6 Å². The van der Waals surface area contributed by atoms with Crippen LogP contribution < -0.4 is 4.90 Å². The highest BCUT2D eigenvalue weighted by Crippen LogP contribution is 2.22. The molecule has 0 saturated carbocycles. The predicted molar refractivity (Wildman–Crippen MR) is 60.1 cm³/mol. The van der Waals surface area contributed by atoms with E-state index in [0.29, 0.717) is 30.8 Å². The Hall–Kier alpha value is -1.20. The first-order valence-corrected chi connectivity index (χ1v) is 5.49. The Morgan fingerprint density at radius 2 is 2.25 bits per heavy atom. The summed E-state index contributed by atoms with van der Waals surface area (Å²) in [5.41, 5.74) is 0.353. The number of hydrogen-bond acceptors (Lipinski definition) is 5. The van der Waals surface area contributed by atoms with Crippen molar-refractivity contribution < 1.29 is 9.53 Å². The Balaban J connectivity index is 2.30. The van der Waals surface area contributed by atoms with E-state index in [9.17, 15) is 4.79 Å². The molecule has 0 unspecified atom stereocenters. The van der Waals surface area contributed by atoms with Gasteiger partial charge < -0.3 is 9.64 Å². The molecule has 0 amide bonds. The highest BCUT2D eigenvalue weighted by molar-refractivity contribution is 6.32. The first-order valence-electron chi connectivity index (χ1n) is 5.11. The summed E-state index contributed by atoms with van der Waals surface area (Å²) in [6.07, 6.45) is 2.99. The topological polar surface area (TPSA) is 55.3 Å². The third-order valence-corrected chi connectivity index (χ3v) is 2.76. The van der Waals surface area contributed by atoms with E-state index in [1.165, 1.54) is 6.33 Å². The average Bonchev–Trinajstić information content (AvgIpc) is 2.57. The van der Waals surface area contributed by atoms with Gasteiger partial charge in [0.1, 0.15) is 17.3 Å². The second-order valence-corrected chi connectivity index (χ2v) is 3.83. The summed E-state index contributed by atoms with van der Waals surface area (Å²) in [6.45, 7) is 2.91. The lowest BCUT2D eigenvalue weighted by Gasteiger charge is -2.21. The Morgan fingerprint density at radius 3 is 3.06 bits per heavy atom. The number of hydrogen-bond donors (Lipinski definition) is 0. The molecule has 5 nitrogen and oxygen atoms in total. The first-order chi connectivity index (χ1) is 7.83. The highest BCUT2D eigenvalue weighted by Gasteiger charge is 2.17. The van der Waals surface area contributed by atoms with Crippen LogP contribution in [0.5, 0.6) is 0 Å². The van der Waals surface area contributed by atoms with E-state index < -0.39 is 0 Å². The van der Waals surface area contributed by atoms with Gasteiger partial charge in [-0.25, -0.2) is 9.97 Å². The van der Waals surface area contributed by atoms with Gasteiger partial charge in [0.25, 0.3) is 0 Å². The van der Waals surface area contributed by atoms with Crippen molar-refractivity contribution in [1.82, 2.24) is 9.97 Å². The standard InChI is InChI=1S/C10H12ClN3O2/c11-9-8(6-15)10(13-7-12-9)14-2-1-4-16-5-3-14/h6-7H,1-5H2. The number of aromatic nitrogens is 2. The van der Waals surface area contributed by atoms with Crippen LogP contribution in [0.1, 0.15) is 16.8 Å². The highest BCUT2D eigenvalue weighted by atomic mass is 35.5. The summed E-state index contributed by atoms with van der Waals surface area (Å²) in [6, 6.07) is 0. The van der Waals surface area contributed by atoms with Gasteiger partial charge in [-0.15, -0.1) is 0 Å². The monoisotopic (exact) mass is 241 g/mol. The molecule has 1 aliphatic heterocycles. The lowest BCUT2D eigenvalue weighted by atomic mass is 10.3. The molecular formula is C10H12ClN3O2. The fourth-order valence-corrected chi connectivity index (χ4v) is 1.85. The van der Waals surface area contributed by atoms with Crippen LogP contribution in [-0.2, 0) is 4.74 Å². The Morgan fingerprint density at radius 1 is 1.38 bits per heavy atom. The Bertz CT molecular complexity index is 378. The maximum Gasteiger partial charge on any atom is 0.156 e. The molecule has 0 N–H and O–H groups in total. The second-order valence-electron chi connectivity index (χ2n) is 3.47. The molecule has 2 heterocycles. The number of rotatable bonds is 2. The van der Waals surface area contributed by atoms with Gasteiger partial charge in [0.05, 0.1) is 12.2 Å². The zero-order valence-electron chi connectivity index (χ0n) is 8.73. The molecule has 16 heavy (non-hydrogen) atoms. The largest absolute Gasteiger partial charge is 0.380 e. The minimum absolute atomic E-state index is 0.199. The van der Waals surface area contributed by atoms with E-state index in [1.807, 2.05) is 4.90 Å². The van der Waals surface area contributed by atoms with Gasteiger partial charge >= 0.3 is 0 Å². The minimum Gasteiger partial charge on any atom is -0.380 e. The Kier molecular flexibility index (Phi) is 3.69. The summed E-state index contributed by atoms with van der Waals surface area (Å²) in [5, 5.41) is 0.199. The van der Waals surface area contributed by atoms with Gasteiger partial charge in [-0.2, -0.15) is 0 Å². The van der Waals surface area contributed by atoms with Crippen LogP contribution in [0.15, 0.2) is 6.33 Å². The van der Waals surface area contributed by atoms with Gasteiger partial charge in [0, 0.05) is 19.7 Å². The average molecular weight is 242 g/mol. The van der Waals surface area contributed by atoms with E-state index >= 15 is 0 Å². The van der Waals surface area contributed by atoms with E-state index in [4.69, 9.17) is 16.3 Å². The number of nitrogens with zero attached hydrogens (tertiary/aromatic N) is 3. The lowest BCUT2D eigenvalue weighted by molar-refractivity contribution is 0.112. The molecule has 1 aromatic heterocycles. The fraction of sp³-hybridized carbons (Fsp3) is 0.500. The summed E-state index contributed by atoms with van der Waals surface area (Å²) >= 11 is 5.85. The van der Waals surface area contributed by atoms with Crippen LogP contribution in [0.3, 0.4) is 0 Å². The number of carbonyl (C=O) groups excluding carboxylic acids is 1. The van der Waals surface area contributed by atoms with Crippen LogP contribution in [-0.4, -0.2) is 42.6 Å². The number of anilines is 1. The summed E-state index contributed by atoms with van der Waals surface area (Å²) in [7, 11) is 0. The third kappa shape index (κ3) is 2.31. The van der Waals surface area contributed by atoms with Crippen molar-refractivity contribution in [3.05, 3.63) is 17.0 Å². The number of halogens is 1. The zero-order chi connectivity index (χ0) is 11.4. The van der Waals surface area contributed by atoms with Crippen LogP contribution in [0, 0.1) is 0 Å². The molecule has 0 atom stereocenters. The van der Waals surface area contributed by atoms with Gasteiger partial charge in [0.15, 0.2) is 6.29 Å². The molecular weight excluding hydrogens is 230 g/mol. The first kappa shape index (κ1) is 11.3. The van der Waals surface area contributed by atoms with Crippen LogP contribution in [0.25, 0.3) is 0 Å². The van der Waals surface area contributed by atoms with Gasteiger partial charge in [-0.05, 0) is 6.42 Å². The third-order valence-electron chi connectivity index (χ3n) is 2.45. The molecule has 6 heteroatoms. The molecule has 1 fully saturated rings. The molecule has 0 aromatic carbocycles. The van der Waals surface area contributed by atoms with Gasteiger partial charge in [-0.3, -0.25) is 4.79 Å². The van der Waals surface area contributed by atoms with Crippen molar-refractivity contribution in [2.45, 2.75) is 6.42 Å². The molecule has 1 aromatic rings. The molecule has 86 valence electrons. The van der Waals surface area contributed by atoms with Gasteiger partial charge in [0.2, 0.25) is 0 Å². The normalized spacial score (nSPS) is 16.9. The van der Waals surface area contributed by atoms with Crippen molar-refractivity contribution in [1.29, 1.82) is 0 Å². The predicted octanol–water partition coefficient (Wildman–Crippen LogP) is 1.17. The summed E-state index contributed by atoms with van der Waals surface area (Å²) in [5.74, 6) is 0.598. The van der Waals surface area contributed by atoms with Crippen molar-refractivity contribution in [3.8, 4) is 0 Å². The molecule has 1 saturated heterocycles. The van der Waals surface area contributed by atoms with E-state index in [2.05, 4.69) is 9.97 Å². The van der Waals surface area contributed by atoms with E-state index in [1.54, 1.807) is 0 Å². The number of carbonyl (C=O) groups is 1. The van der Waals surface area contributed by atoms with Crippen molar-refractivity contribution >= 4 is 23.7 Å². The molecule has 0 radical (unpaired) electrons. The molecule has 2 rings (SSSR count). The molecule has 0 aliphatic carbocycles. The minimum atomic E-state index is 0.199. The van der Waals surface area contributed by atoms with Gasteiger partial charge in [-0.1, -0.05) is 11.6 Å². The van der Waals surface area contributed by atoms with E-state index in [-0.39, 0.29) is 5.15 Å². The van der Waals surface area contributed by atoms with E-state index in [0.717, 1.165) is 19.6 Å². The smallest absolute Gasteiger partial charge is 0.156 e. The number of aldehydes is 1. The van der Waals surface area contributed by atoms with Crippen LogP contribution in [0.2, 0.25) is 5.15 Å².